The number of nitrogens with one attached hydrogen (secondary N) is 2. The number of benzene rings is 1. The van der Waals surface area contributed by atoms with Gasteiger partial charge in [-0.05, 0) is 30.2 Å². The molecule has 0 bridgehead atoms. The first kappa shape index (κ1) is 15.0. The molecule has 0 spiro atoms. The first-order valence-electron chi connectivity index (χ1n) is 7.71. The molecule has 1 aromatic carbocycles. The normalized spacial score (nSPS) is 26.2. The lowest BCUT2D eigenvalue weighted by Gasteiger charge is -2.35. The minimum atomic E-state index is 0.0822. The lowest BCUT2D eigenvalue weighted by atomic mass is 9.79. The summed E-state index contributed by atoms with van der Waals surface area (Å²) in [5, 5.41) is 6.41. The maximum atomic E-state index is 11.9. The number of rotatable bonds is 5. The molecule has 3 heteroatoms. The Morgan fingerprint density at radius 2 is 1.80 bits per heavy atom. The second kappa shape index (κ2) is 7.44. The maximum absolute atomic E-state index is 11.9. The molecular weight excluding hydrogens is 248 g/mol. The third-order valence-corrected chi connectivity index (χ3v) is 4.38. The molecule has 1 aliphatic rings. The predicted octanol–water partition coefficient (Wildman–Crippen LogP) is 2.72. The van der Waals surface area contributed by atoms with Crippen LogP contribution in [0.2, 0.25) is 0 Å². The van der Waals surface area contributed by atoms with Gasteiger partial charge in [-0.2, -0.15) is 0 Å². The second-order valence-electron chi connectivity index (χ2n) is 6.05. The summed E-state index contributed by atoms with van der Waals surface area (Å²) < 4.78 is 0. The molecule has 0 aromatic heterocycles. The smallest absolute Gasteiger partial charge is 0.234 e. The SMILES string of the molecule is CC1CCCC(C)C1NCC(=O)NCc1ccccc1. The average Bonchev–Trinajstić information content (AvgIpc) is 2.46. The minimum Gasteiger partial charge on any atom is -0.351 e. The Labute approximate surface area is 122 Å². The third-order valence-electron chi connectivity index (χ3n) is 4.38. The van der Waals surface area contributed by atoms with Gasteiger partial charge in [-0.25, -0.2) is 0 Å². The summed E-state index contributed by atoms with van der Waals surface area (Å²) in [7, 11) is 0. The highest BCUT2D eigenvalue weighted by Gasteiger charge is 2.27. The predicted molar refractivity (Wildman–Crippen MR) is 82.3 cm³/mol. The highest BCUT2D eigenvalue weighted by Crippen LogP contribution is 2.28. The fourth-order valence-corrected chi connectivity index (χ4v) is 3.15. The number of carbonyl (C=O) groups excluding carboxylic acids is 1. The van der Waals surface area contributed by atoms with E-state index < -0.39 is 0 Å². The summed E-state index contributed by atoms with van der Waals surface area (Å²) in [6, 6.07) is 10.5. The monoisotopic (exact) mass is 274 g/mol. The van der Waals surface area contributed by atoms with E-state index in [-0.39, 0.29) is 5.91 Å². The highest BCUT2D eigenvalue weighted by atomic mass is 16.1. The molecule has 3 nitrogen and oxygen atoms in total. The van der Waals surface area contributed by atoms with E-state index in [1.807, 2.05) is 30.3 Å². The zero-order valence-electron chi connectivity index (χ0n) is 12.6. The number of amides is 1. The summed E-state index contributed by atoms with van der Waals surface area (Å²) in [6.07, 6.45) is 3.86. The molecule has 0 heterocycles. The van der Waals surface area contributed by atoms with Crippen LogP contribution in [0.5, 0.6) is 0 Å². The van der Waals surface area contributed by atoms with Gasteiger partial charge < -0.3 is 10.6 Å². The Bertz CT molecular complexity index is 408. The molecular formula is C17H26N2O. The van der Waals surface area contributed by atoms with Gasteiger partial charge in [0.2, 0.25) is 5.91 Å². The molecule has 2 unspecified atom stereocenters. The number of carbonyl (C=O) groups is 1. The van der Waals surface area contributed by atoms with Gasteiger partial charge >= 0.3 is 0 Å². The number of hydrogen-bond acceptors (Lipinski definition) is 2. The molecule has 2 N–H and O–H groups in total. The second-order valence-corrected chi connectivity index (χ2v) is 6.05. The van der Waals surface area contributed by atoms with Crippen LogP contribution in [0.25, 0.3) is 0 Å². The molecule has 1 amide bonds. The molecule has 1 aromatic rings. The Balaban J connectivity index is 1.72. The van der Waals surface area contributed by atoms with E-state index in [9.17, 15) is 4.79 Å². The van der Waals surface area contributed by atoms with Crippen LogP contribution in [-0.4, -0.2) is 18.5 Å². The van der Waals surface area contributed by atoms with E-state index in [1.54, 1.807) is 0 Å². The summed E-state index contributed by atoms with van der Waals surface area (Å²) in [6.45, 7) is 5.60. The lowest BCUT2D eigenvalue weighted by Crippen LogP contribution is -2.46. The van der Waals surface area contributed by atoms with E-state index in [2.05, 4.69) is 24.5 Å². The van der Waals surface area contributed by atoms with Crippen molar-refractivity contribution in [2.24, 2.45) is 11.8 Å². The molecule has 1 aliphatic carbocycles. The summed E-state index contributed by atoms with van der Waals surface area (Å²) in [4.78, 5) is 11.9. The van der Waals surface area contributed by atoms with Gasteiger partial charge in [-0.3, -0.25) is 4.79 Å². The van der Waals surface area contributed by atoms with E-state index in [0.29, 0.717) is 31.0 Å². The van der Waals surface area contributed by atoms with Crippen LogP contribution in [0.4, 0.5) is 0 Å². The van der Waals surface area contributed by atoms with Crippen molar-refractivity contribution in [2.45, 2.75) is 45.7 Å². The molecule has 0 saturated heterocycles. The molecule has 1 fully saturated rings. The topological polar surface area (TPSA) is 41.1 Å². The van der Waals surface area contributed by atoms with Crippen molar-refractivity contribution >= 4 is 5.91 Å². The third kappa shape index (κ3) is 4.34. The Hall–Kier alpha value is -1.35. The first-order valence-corrected chi connectivity index (χ1v) is 7.71. The van der Waals surface area contributed by atoms with Gasteiger partial charge in [0.1, 0.15) is 0 Å². The quantitative estimate of drug-likeness (QED) is 0.867. The van der Waals surface area contributed by atoms with Crippen molar-refractivity contribution in [1.82, 2.24) is 10.6 Å². The van der Waals surface area contributed by atoms with E-state index >= 15 is 0 Å². The van der Waals surface area contributed by atoms with Crippen LogP contribution in [-0.2, 0) is 11.3 Å². The Morgan fingerprint density at radius 3 is 2.45 bits per heavy atom. The number of hydrogen-bond donors (Lipinski definition) is 2. The van der Waals surface area contributed by atoms with Gasteiger partial charge in [0, 0.05) is 12.6 Å². The zero-order chi connectivity index (χ0) is 14.4. The van der Waals surface area contributed by atoms with Crippen molar-refractivity contribution in [2.75, 3.05) is 6.54 Å². The van der Waals surface area contributed by atoms with Gasteiger partial charge in [0.15, 0.2) is 0 Å². The zero-order valence-corrected chi connectivity index (χ0v) is 12.6. The lowest BCUT2D eigenvalue weighted by molar-refractivity contribution is -0.120. The molecule has 20 heavy (non-hydrogen) atoms. The molecule has 1 saturated carbocycles. The summed E-state index contributed by atoms with van der Waals surface area (Å²) in [5.74, 6) is 1.42. The van der Waals surface area contributed by atoms with Crippen molar-refractivity contribution in [3.63, 3.8) is 0 Å². The van der Waals surface area contributed by atoms with Crippen molar-refractivity contribution < 1.29 is 4.79 Å². The minimum absolute atomic E-state index is 0.0822. The van der Waals surface area contributed by atoms with Crippen LogP contribution in [0.15, 0.2) is 30.3 Å². The molecule has 110 valence electrons. The molecule has 2 atom stereocenters. The standard InChI is InChI=1S/C17H26N2O/c1-13-7-6-8-14(2)17(13)19-12-16(20)18-11-15-9-4-3-5-10-15/h3-5,9-10,13-14,17,19H,6-8,11-12H2,1-2H3,(H,18,20). The van der Waals surface area contributed by atoms with Gasteiger partial charge in [0.05, 0.1) is 6.54 Å². The highest BCUT2D eigenvalue weighted by molar-refractivity contribution is 5.78. The van der Waals surface area contributed by atoms with Crippen molar-refractivity contribution in [3.05, 3.63) is 35.9 Å². The Morgan fingerprint density at radius 1 is 1.15 bits per heavy atom. The van der Waals surface area contributed by atoms with Crippen molar-refractivity contribution in [1.29, 1.82) is 0 Å². The van der Waals surface area contributed by atoms with E-state index in [0.717, 1.165) is 5.56 Å². The van der Waals surface area contributed by atoms with E-state index in [1.165, 1.54) is 19.3 Å². The van der Waals surface area contributed by atoms with E-state index in [4.69, 9.17) is 0 Å². The summed E-state index contributed by atoms with van der Waals surface area (Å²) >= 11 is 0. The molecule has 0 aliphatic heterocycles. The van der Waals surface area contributed by atoms with Crippen LogP contribution in [0.3, 0.4) is 0 Å². The maximum Gasteiger partial charge on any atom is 0.234 e. The van der Waals surface area contributed by atoms with Crippen LogP contribution >= 0.6 is 0 Å². The fourth-order valence-electron chi connectivity index (χ4n) is 3.15. The fraction of sp³-hybridized carbons (Fsp3) is 0.588. The molecule has 2 rings (SSSR count). The van der Waals surface area contributed by atoms with Crippen molar-refractivity contribution in [3.8, 4) is 0 Å². The molecule has 0 radical (unpaired) electrons. The first-order chi connectivity index (χ1) is 9.66. The van der Waals surface area contributed by atoms with Gasteiger partial charge in [-0.15, -0.1) is 0 Å². The van der Waals surface area contributed by atoms with Crippen LogP contribution in [0.1, 0.15) is 38.7 Å². The largest absolute Gasteiger partial charge is 0.351 e. The van der Waals surface area contributed by atoms with Crippen LogP contribution < -0.4 is 10.6 Å². The summed E-state index contributed by atoms with van der Waals surface area (Å²) in [5.41, 5.74) is 1.14. The van der Waals surface area contributed by atoms with Gasteiger partial charge in [0.25, 0.3) is 0 Å². The Kier molecular flexibility index (Phi) is 5.60. The van der Waals surface area contributed by atoms with Gasteiger partial charge in [-0.1, -0.05) is 50.6 Å². The average molecular weight is 274 g/mol. The van der Waals surface area contributed by atoms with Crippen LogP contribution in [0, 0.1) is 11.8 Å².